The first kappa shape index (κ1) is 15.8. The fraction of sp³-hybridized carbons (Fsp3) is 0.133. The summed E-state index contributed by atoms with van der Waals surface area (Å²) >= 11 is 5.85. The summed E-state index contributed by atoms with van der Waals surface area (Å²) in [5.74, 6) is -0.0569. The summed E-state index contributed by atoms with van der Waals surface area (Å²) in [6.45, 7) is 0.111. The van der Waals surface area contributed by atoms with Crippen molar-refractivity contribution >= 4 is 23.2 Å². The van der Waals surface area contributed by atoms with Gasteiger partial charge in [0.05, 0.1) is 11.0 Å². The maximum atomic E-state index is 11.7. The molecule has 1 N–H and O–H groups in total. The molecule has 6 nitrogen and oxygen atoms in total. The molecule has 0 atom stereocenters. The van der Waals surface area contributed by atoms with Gasteiger partial charge in [-0.1, -0.05) is 29.8 Å². The van der Waals surface area contributed by atoms with Crippen molar-refractivity contribution in [3.63, 3.8) is 0 Å². The van der Waals surface area contributed by atoms with Crippen molar-refractivity contribution in [2.75, 3.05) is 6.61 Å². The number of nitrogens with zero attached hydrogens (tertiary/aromatic N) is 1. The molecule has 7 heteroatoms. The third-order valence-corrected chi connectivity index (χ3v) is 3.01. The molecule has 0 saturated heterocycles. The maximum absolute atomic E-state index is 11.7. The second kappa shape index (κ2) is 7.42. The van der Waals surface area contributed by atoms with Crippen molar-refractivity contribution in [2.45, 2.75) is 6.54 Å². The van der Waals surface area contributed by atoms with Crippen molar-refractivity contribution < 1.29 is 14.5 Å². The number of amides is 1. The summed E-state index contributed by atoms with van der Waals surface area (Å²) in [5.41, 5.74) is 0.785. The minimum Gasteiger partial charge on any atom is -0.484 e. The third kappa shape index (κ3) is 4.75. The average molecular weight is 321 g/mol. The van der Waals surface area contributed by atoms with E-state index in [4.69, 9.17) is 16.3 Å². The highest BCUT2D eigenvalue weighted by Gasteiger charge is 2.08. The van der Waals surface area contributed by atoms with E-state index in [1.54, 1.807) is 24.3 Å². The number of halogens is 1. The topological polar surface area (TPSA) is 81.5 Å². The molecular weight excluding hydrogens is 308 g/mol. The molecule has 0 spiro atoms. The molecule has 0 aromatic heterocycles. The van der Waals surface area contributed by atoms with E-state index >= 15 is 0 Å². The molecule has 114 valence electrons. The van der Waals surface area contributed by atoms with Gasteiger partial charge in [0, 0.05) is 17.6 Å². The second-order valence-electron chi connectivity index (χ2n) is 4.45. The Kier molecular flexibility index (Phi) is 5.32. The van der Waals surface area contributed by atoms with E-state index in [0.29, 0.717) is 11.6 Å². The zero-order valence-electron chi connectivity index (χ0n) is 11.5. The van der Waals surface area contributed by atoms with Gasteiger partial charge >= 0.3 is 0 Å². The van der Waals surface area contributed by atoms with Crippen LogP contribution in [-0.4, -0.2) is 17.4 Å². The predicted molar refractivity (Wildman–Crippen MR) is 81.9 cm³/mol. The monoisotopic (exact) mass is 320 g/mol. The molecule has 0 heterocycles. The maximum Gasteiger partial charge on any atom is 0.273 e. The molecule has 0 unspecified atom stereocenters. The van der Waals surface area contributed by atoms with Crippen LogP contribution < -0.4 is 10.1 Å². The highest BCUT2D eigenvalue weighted by atomic mass is 35.5. The SMILES string of the molecule is O=C(COc1cccc([N+](=O)[O-])c1)NCc1cccc(Cl)c1. The van der Waals surface area contributed by atoms with E-state index in [2.05, 4.69) is 5.32 Å². The van der Waals surface area contributed by atoms with E-state index < -0.39 is 4.92 Å². The highest BCUT2D eigenvalue weighted by Crippen LogP contribution is 2.18. The van der Waals surface area contributed by atoms with Gasteiger partial charge in [-0.15, -0.1) is 0 Å². The van der Waals surface area contributed by atoms with E-state index in [1.807, 2.05) is 6.07 Å². The molecule has 2 rings (SSSR count). The smallest absolute Gasteiger partial charge is 0.273 e. The van der Waals surface area contributed by atoms with Crippen molar-refractivity contribution in [1.82, 2.24) is 5.32 Å². The van der Waals surface area contributed by atoms with Crippen molar-refractivity contribution in [1.29, 1.82) is 0 Å². The van der Waals surface area contributed by atoms with Crippen molar-refractivity contribution in [3.8, 4) is 5.75 Å². The minimum atomic E-state index is -0.522. The van der Waals surface area contributed by atoms with Crippen LogP contribution in [0.25, 0.3) is 0 Å². The number of nitrogens with one attached hydrogen (secondary N) is 1. The highest BCUT2D eigenvalue weighted by molar-refractivity contribution is 6.30. The van der Waals surface area contributed by atoms with Crippen LogP contribution in [0.3, 0.4) is 0 Å². The molecular formula is C15H13ClN2O4. The lowest BCUT2D eigenvalue weighted by molar-refractivity contribution is -0.384. The molecule has 0 aliphatic carbocycles. The molecule has 2 aromatic carbocycles. The molecule has 1 amide bonds. The van der Waals surface area contributed by atoms with Crippen molar-refractivity contribution in [3.05, 3.63) is 69.2 Å². The number of hydrogen-bond donors (Lipinski definition) is 1. The molecule has 0 aliphatic heterocycles. The van der Waals surface area contributed by atoms with Crippen LogP contribution in [0.2, 0.25) is 5.02 Å². The van der Waals surface area contributed by atoms with Crippen LogP contribution in [0, 0.1) is 10.1 Å². The summed E-state index contributed by atoms with van der Waals surface area (Å²) in [6.07, 6.45) is 0. The van der Waals surface area contributed by atoms with Gasteiger partial charge in [-0.2, -0.15) is 0 Å². The van der Waals surface area contributed by atoms with E-state index in [0.717, 1.165) is 5.56 Å². The number of carbonyl (C=O) groups is 1. The number of hydrogen-bond acceptors (Lipinski definition) is 4. The summed E-state index contributed by atoms with van der Waals surface area (Å²) in [5, 5.41) is 13.9. The zero-order valence-corrected chi connectivity index (χ0v) is 12.2. The number of ether oxygens (including phenoxy) is 1. The molecule has 0 aliphatic rings. The Morgan fingerprint density at radius 3 is 2.73 bits per heavy atom. The molecule has 0 saturated carbocycles. The van der Waals surface area contributed by atoms with Crippen LogP contribution in [0.5, 0.6) is 5.75 Å². The van der Waals surface area contributed by atoms with Crippen LogP contribution >= 0.6 is 11.6 Å². The summed E-state index contributed by atoms with van der Waals surface area (Å²) in [6, 6.07) is 12.8. The number of non-ortho nitro benzene ring substituents is 1. The summed E-state index contributed by atoms with van der Waals surface area (Å²) in [4.78, 5) is 21.8. The van der Waals surface area contributed by atoms with Gasteiger partial charge in [0.1, 0.15) is 5.75 Å². The first-order chi connectivity index (χ1) is 10.5. The first-order valence-electron chi connectivity index (χ1n) is 6.43. The Morgan fingerprint density at radius 1 is 1.23 bits per heavy atom. The van der Waals surface area contributed by atoms with Crippen molar-refractivity contribution in [2.24, 2.45) is 0 Å². The molecule has 0 radical (unpaired) electrons. The van der Waals surface area contributed by atoms with Crippen LogP contribution in [0.1, 0.15) is 5.56 Å². The van der Waals surface area contributed by atoms with E-state index in [9.17, 15) is 14.9 Å². The van der Waals surface area contributed by atoms with Gasteiger partial charge < -0.3 is 10.1 Å². The van der Waals surface area contributed by atoms with Gasteiger partial charge in [0.15, 0.2) is 6.61 Å². The standard InChI is InChI=1S/C15H13ClN2O4/c16-12-4-1-3-11(7-12)9-17-15(19)10-22-14-6-2-5-13(8-14)18(20)21/h1-8H,9-10H2,(H,17,19). The Hall–Kier alpha value is -2.60. The van der Waals surface area contributed by atoms with Gasteiger partial charge in [-0.3, -0.25) is 14.9 Å². The fourth-order valence-corrected chi connectivity index (χ4v) is 1.95. The lowest BCUT2D eigenvalue weighted by Gasteiger charge is -2.07. The quantitative estimate of drug-likeness (QED) is 0.655. The first-order valence-corrected chi connectivity index (χ1v) is 6.81. The molecule has 2 aromatic rings. The summed E-state index contributed by atoms with van der Waals surface area (Å²) in [7, 11) is 0. The number of nitro groups is 1. The van der Waals surface area contributed by atoms with Gasteiger partial charge in [-0.25, -0.2) is 0 Å². The Bertz CT molecular complexity index is 691. The molecule has 0 fully saturated rings. The average Bonchev–Trinajstić information content (AvgIpc) is 2.51. The Balaban J connectivity index is 1.83. The Morgan fingerprint density at radius 2 is 2.00 bits per heavy atom. The lowest BCUT2D eigenvalue weighted by atomic mass is 10.2. The molecule has 0 bridgehead atoms. The number of nitro benzene ring substituents is 1. The number of benzene rings is 2. The predicted octanol–water partition coefficient (Wildman–Crippen LogP) is 2.94. The zero-order chi connectivity index (χ0) is 15.9. The minimum absolute atomic E-state index is 0.0863. The van der Waals surface area contributed by atoms with E-state index in [1.165, 1.54) is 18.2 Å². The lowest BCUT2D eigenvalue weighted by Crippen LogP contribution is -2.28. The van der Waals surface area contributed by atoms with Gasteiger partial charge in [0.2, 0.25) is 0 Å². The number of carbonyl (C=O) groups excluding carboxylic acids is 1. The van der Waals surface area contributed by atoms with Crippen LogP contribution in [0.4, 0.5) is 5.69 Å². The summed E-state index contributed by atoms with van der Waals surface area (Å²) < 4.78 is 5.23. The largest absolute Gasteiger partial charge is 0.484 e. The second-order valence-corrected chi connectivity index (χ2v) is 4.89. The Labute approximate surface area is 131 Å². The third-order valence-electron chi connectivity index (χ3n) is 2.78. The fourth-order valence-electron chi connectivity index (χ4n) is 1.73. The normalized spacial score (nSPS) is 10.0. The van der Waals surface area contributed by atoms with Crippen LogP contribution in [0.15, 0.2) is 48.5 Å². The van der Waals surface area contributed by atoms with Gasteiger partial charge in [0.25, 0.3) is 11.6 Å². The van der Waals surface area contributed by atoms with Gasteiger partial charge in [-0.05, 0) is 23.8 Å². The molecule has 22 heavy (non-hydrogen) atoms. The number of rotatable bonds is 6. The van der Waals surface area contributed by atoms with E-state index in [-0.39, 0.29) is 24.0 Å². The van der Waals surface area contributed by atoms with Crippen LogP contribution in [-0.2, 0) is 11.3 Å².